The summed E-state index contributed by atoms with van der Waals surface area (Å²) in [6, 6.07) is 23.5. The summed E-state index contributed by atoms with van der Waals surface area (Å²) < 4.78 is 40.3. The first-order valence-electron chi connectivity index (χ1n) is 14.8. The number of ether oxygens (including phenoxy) is 2. The average Bonchev–Trinajstić information content (AvgIpc) is 3.65. The highest BCUT2D eigenvalue weighted by Gasteiger charge is 2.42. The second-order valence-electron chi connectivity index (χ2n) is 11.5. The topological polar surface area (TPSA) is 157 Å². The number of aliphatic hydroxyl groups excluding tert-OH is 1. The zero-order valence-electron chi connectivity index (χ0n) is 24.9. The summed E-state index contributed by atoms with van der Waals surface area (Å²) in [4.78, 5) is 39.3. The Morgan fingerprint density at radius 2 is 1.56 bits per heavy atom. The first kappa shape index (κ1) is 32.3. The molecule has 0 radical (unpaired) electrons. The van der Waals surface area contributed by atoms with Crippen molar-refractivity contribution in [2.24, 2.45) is 17.6 Å². The minimum atomic E-state index is -4.19. The molecule has 0 spiro atoms. The number of aliphatic hydroxyl groups is 1. The van der Waals surface area contributed by atoms with Gasteiger partial charge in [-0.3, -0.25) is 14.5 Å². The van der Waals surface area contributed by atoms with Crippen molar-refractivity contribution in [3.8, 4) is 0 Å². The molecule has 12 heteroatoms. The number of imide groups is 1. The van der Waals surface area contributed by atoms with Gasteiger partial charge in [-0.2, -0.15) is 4.31 Å². The van der Waals surface area contributed by atoms with E-state index in [2.05, 4.69) is 0 Å². The van der Waals surface area contributed by atoms with E-state index >= 15 is 0 Å². The summed E-state index contributed by atoms with van der Waals surface area (Å²) in [7, 11) is -4.19. The van der Waals surface area contributed by atoms with Crippen molar-refractivity contribution in [2.75, 3.05) is 32.8 Å². The molecule has 45 heavy (non-hydrogen) atoms. The molecular weight excluding hydrogens is 598 g/mol. The van der Waals surface area contributed by atoms with Crippen LogP contribution in [0.2, 0.25) is 0 Å². The molecule has 238 valence electrons. The maximum absolute atomic E-state index is 14.0. The Bertz CT molecular complexity index is 1580. The van der Waals surface area contributed by atoms with Gasteiger partial charge >= 0.3 is 6.09 Å². The molecule has 3 N–H and O–H groups in total. The lowest BCUT2D eigenvalue weighted by molar-refractivity contribution is -0.0276. The van der Waals surface area contributed by atoms with Gasteiger partial charge in [-0.05, 0) is 48.1 Å². The molecule has 3 aromatic carbocycles. The van der Waals surface area contributed by atoms with Gasteiger partial charge in [-0.25, -0.2) is 13.2 Å². The SMILES string of the molecule is CC(CN1C(=O)c2ccccc2C1=O)CN(C[C@@H](O)[C@@H](OC(N)=O)C(c1ccccc1)C1CCOC1)S(=O)(=O)c1ccccc1. The van der Waals surface area contributed by atoms with Crippen molar-refractivity contribution in [2.45, 2.75) is 36.4 Å². The fraction of sp³-hybridized carbons (Fsp3) is 0.364. The number of carbonyl (C=O) groups excluding carboxylic acids is 3. The van der Waals surface area contributed by atoms with Gasteiger partial charge in [0.15, 0.2) is 0 Å². The van der Waals surface area contributed by atoms with Crippen LogP contribution in [0.1, 0.15) is 45.5 Å². The fourth-order valence-corrected chi connectivity index (χ4v) is 7.81. The molecular formula is C33H37N3O8S. The molecule has 3 unspecified atom stereocenters. The van der Waals surface area contributed by atoms with Crippen molar-refractivity contribution in [1.82, 2.24) is 9.21 Å². The van der Waals surface area contributed by atoms with Crippen LogP contribution in [0, 0.1) is 11.8 Å². The normalized spacial score (nSPS) is 19.3. The minimum absolute atomic E-state index is 0.00121. The van der Waals surface area contributed by atoms with Gasteiger partial charge in [0.25, 0.3) is 11.8 Å². The van der Waals surface area contributed by atoms with Crippen molar-refractivity contribution >= 4 is 27.9 Å². The van der Waals surface area contributed by atoms with Crippen LogP contribution in [0.4, 0.5) is 4.79 Å². The van der Waals surface area contributed by atoms with E-state index in [-0.39, 0.29) is 23.9 Å². The molecule has 5 rings (SSSR count). The van der Waals surface area contributed by atoms with Crippen molar-refractivity contribution in [3.63, 3.8) is 0 Å². The summed E-state index contributed by atoms with van der Waals surface area (Å²) in [5.41, 5.74) is 6.87. The molecule has 2 aliphatic rings. The number of rotatable bonds is 13. The average molecular weight is 636 g/mol. The number of primary amides is 1. The second kappa shape index (κ2) is 13.9. The van der Waals surface area contributed by atoms with Crippen LogP contribution in [0.15, 0.2) is 89.8 Å². The number of sulfonamides is 1. The quantitative estimate of drug-likeness (QED) is 0.271. The Morgan fingerprint density at radius 1 is 0.978 bits per heavy atom. The standard InChI is InChI=1S/C33H37N3O8S/c1-22(19-36-31(38)26-14-8-9-15-27(26)32(36)39)18-35(45(41,42)25-12-6-3-7-13-25)20-28(37)30(44-33(34)40)29(24-16-17-43-21-24)23-10-4-2-5-11-23/h2-15,22,24,28-30,37H,16-21H2,1H3,(H2,34,40)/t22?,24?,28-,29?,30-/m1/s1. The van der Waals surface area contributed by atoms with E-state index in [4.69, 9.17) is 15.2 Å². The van der Waals surface area contributed by atoms with Crippen LogP contribution in [0.3, 0.4) is 0 Å². The molecule has 0 bridgehead atoms. The van der Waals surface area contributed by atoms with E-state index in [1.165, 1.54) is 12.1 Å². The highest BCUT2D eigenvalue weighted by Crippen LogP contribution is 2.37. The lowest BCUT2D eigenvalue weighted by Gasteiger charge is -2.36. The zero-order chi connectivity index (χ0) is 32.1. The summed E-state index contributed by atoms with van der Waals surface area (Å²) in [6.45, 7) is 1.96. The Hall–Kier alpha value is -4.10. The highest BCUT2D eigenvalue weighted by atomic mass is 32.2. The Morgan fingerprint density at radius 3 is 2.11 bits per heavy atom. The third-order valence-electron chi connectivity index (χ3n) is 8.30. The predicted octanol–water partition coefficient (Wildman–Crippen LogP) is 3.25. The maximum Gasteiger partial charge on any atom is 0.404 e. The highest BCUT2D eigenvalue weighted by molar-refractivity contribution is 7.89. The van der Waals surface area contributed by atoms with Gasteiger partial charge in [0.2, 0.25) is 10.0 Å². The fourth-order valence-electron chi connectivity index (χ4n) is 6.21. The molecule has 3 amide bonds. The van der Waals surface area contributed by atoms with E-state index in [1.54, 1.807) is 49.4 Å². The molecule has 0 saturated carbocycles. The smallest absolute Gasteiger partial charge is 0.404 e. The summed E-state index contributed by atoms with van der Waals surface area (Å²) >= 11 is 0. The summed E-state index contributed by atoms with van der Waals surface area (Å²) in [5, 5.41) is 11.7. The molecule has 5 atom stereocenters. The molecule has 3 aromatic rings. The minimum Gasteiger partial charge on any atom is -0.443 e. The van der Waals surface area contributed by atoms with Crippen LogP contribution >= 0.6 is 0 Å². The molecule has 1 saturated heterocycles. The van der Waals surface area contributed by atoms with E-state index in [0.29, 0.717) is 30.8 Å². The first-order valence-corrected chi connectivity index (χ1v) is 16.3. The van der Waals surface area contributed by atoms with E-state index in [0.717, 1.165) is 14.8 Å². The molecule has 1 fully saturated rings. The Balaban J connectivity index is 1.44. The number of nitrogens with two attached hydrogens (primary N) is 1. The van der Waals surface area contributed by atoms with Crippen LogP contribution < -0.4 is 5.73 Å². The number of nitrogens with zero attached hydrogens (tertiary/aromatic N) is 2. The molecule has 11 nitrogen and oxygen atoms in total. The monoisotopic (exact) mass is 635 g/mol. The van der Waals surface area contributed by atoms with Gasteiger partial charge in [-0.15, -0.1) is 0 Å². The van der Waals surface area contributed by atoms with E-state index in [1.807, 2.05) is 30.3 Å². The van der Waals surface area contributed by atoms with E-state index in [9.17, 15) is 27.9 Å². The first-order chi connectivity index (χ1) is 21.6. The van der Waals surface area contributed by atoms with Crippen LogP contribution in [-0.4, -0.2) is 85.7 Å². The molecule has 0 aromatic heterocycles. The van der Waals surface area contributed by atoms with Crippen molar-refractivity contribution < 1.29 is 37.4 Å². The van der Waals surface area contributed by atoms with Crippen molar-refractivity contribution in [3.05, 3.63) is 102 Å². The van der Waals surface area contributed by atoms with E-state index < -0.39 is 58.5 Å². The maximum atomic E-state index is 14.0. The van der Waals surface area contributed by atoms with Crippen molar-refractivity contribution in [1.29, 1.82) is 0 Å². The molecule has 2 aliphatic heterocycles. The number of hydrogen-bond acceptors (Lipinski definition) is 8. The lowest BCUT2D eigenvalue weighted by atomic mass is 9.79. The largest absolute Gasteiger partial charge is 0.443 e. The third-order valence-corrected chi connectivity index (χ3v) is 10.1. The number of hydrogen-bond donors (Lipinski definition) is 2. The number of benzene rings is 3. The van der Waals surface area contributed by atoms with Crippen LogP contribution in [-0.2, 0) is 19.5 Å². The van der Waals surface area contributed by atoms with Crippen LogP contribution in [0.5, 0.6) is 0 Å². The number of carbonyl (C=O) groups is 3. The predicted molar refractivity (Wildman–Crippen MR) is 165 cm³/mol. The van der Waals surface area contributed by atoms with Gasteiger partial charge in [0.1, 0.15) is 12.2 Å². The Kier molecular flexibility index (Phi) is 9.98. The van der Waals surface area contributed by atoms with Gasteiger partial charge < -0.3 is 20.3 Å². The Labute approximate surface area is 262 Å². The third kappa shape index (κ3) is 7.09. The van der Waals surface area contributed by atoms with Crippen LogP contribution in [0.25, 0.3) is 0 Å². The molecule has 0 aliphatic carbocycles. The molecule has 2 heterocycles. The summed E-state index contributed by atoms with van der Waals surface area (Å²) in [5.74, 6) is -2.08. The summed E-state index contributed by atoms with van der Waals surface area (Å²) in [6.07, 6.45) is -3.14. The van der Waals surface area contributed by atoms with Gasteiger partial charge in [0, 0.05) is 32.2 Å². The van der Waals surface area contributed by atoms with Gasteiger partial charge in [-0.1, -0.05) is 67.6 Å². The zero-order valence-corrected chi connectivity index (χ0v) is 25.7. The lowest BCUT2D eigenvalue weighted by Crippen LogP contribution is -2.49. The second-order valence-corrected chi connectivity index (χ2v) is 13.5. The number of fused-ring (bicyclic) bond motifs is 1. The van der Waals surface area contributed by atoms with Gasteiger partial charge in [0.05, 0.1) is 22.6 Å². The number of amides is 3.